The van der Waals surface area contributed by atoms with Gasteiger partial charge in [-0.15, -0.1) is 0 Å². The van der Waals surface area contributed by atoms with Crippen LogP contribution in [-0.4, -0.2) is 43.8 Å². The van der Waals surface area contributed by atoms with Crippen molar-refractivity contribution in [1.82, 2.24) is 5.32 Å². The van der Waals surface area contributed by atoms with E-state index < -0.39 is 30.6 Å². The molecule has 3 aromatic rings. The van der Waals surface area contributed by atoms with Gasteiger partial charge in [-0.3, -0.25) is 4.79 Å². The average molecular weight is 491 g/mol. The molecule has 2 N–H and O–H groups in total. The first-order chi connectivity index (χ1) is 17.6. The van der Waals surface area contributed by atoms with Gasteiger partial charge in [0.2, 0.25) is 0 Å². The smallest absolute Gasteiger partial charge is 0.408 e. The van der Waals surface area contributed by atoms with E-state index >= 15 is 0 Å². The van der Waals surface area contributed by atoms with Gasteiger partial charge < -0.3 is 29.6 Å². The van der Waals surface area contributed by atoms with Crippen LogP contribution in [0.25, 0.3) is 0 Å². The largest absolute Gasteiger partial charge is 0.486 e. The van der Waals surface area contributed by atoms with Crippen LogP contribution in [0, 0.1) is 0 Å². The summed E-state index contributed by atoms with van der Waals surface area (Å²) in [5.41, 5.74) is 2.10. The number of esters is 1. The van der Waals surface area contributed by atoms with Gasteiger partial charge in [0.25, 0.3) is 5.91 Å². The van der Waals surface area contributed by atoms with Crippen LogP contribution in [0.5, 0.6) is 11.5 Å². The molecule has 3 aromatic carbocycles. The van der Waals surface area contributed by atoms with Crippen molar-refractivity contribution in [3.8, 4) is 11.5 Å². The minimum Gasteiger partial charge on any atom is -0.486 e. The average Bonchev–Trinajstić information content (AvgIpc) is 2.91. The highest BCUT2D eigenvalue weighted by Gasteiger charge is 2.24. The lowest BCUT2D eigenvalue weighted by atomic mass is 10.1. The third-order valence-electron chi connectivity index (χ3n) is 5.24. The molecule has 36 heavy (non-hydrogen) atoms. The van der Waals surface area contributed by atoms with Crippen LogP contribution < -0.4 is 20.1 Å². The number of amides is 2. The maximum absolute atomic E-state index is 12.8. The Balaban J connectivity index is 1.32. The highest BCUT2D eigenvalue weighted by molar-refractivity contribution is 5.93. The fraction of sp³-hybridized carbons (Fsp3) is 0.222. The third-order valence-corrected chi connectivity index (χ3v) is 5.24. The van der Waals surface area contributed by atoms with Gasteiger partial charge in [0.05, 0.1) is 0 Å². The van der Waals surface area contributed by atoms with Crippen LogP contribution in [-0.2, 0) is 32.1 Å². The molecule has 1 atom stereocenters. The van der Waals surface area contributed by atoms with E-state index in [4.69, 9.17) is 18.9 Å². The fourth-order valence-electron chi connectivity index (χ4n) is 3.51. The molecule has 0 saturated heterocycles. The molecule has 0 aliphatic carbocycles. The van der Waals surface area contributed by atoms with E-state index in [2.05, 4.69) is 10.6 Å². The predicted octanol–water partition coefficient (Wildman–Crippen LogP) is 3.48. The van der Waals surface area contributed by atoms with Crippen LogP contribution in [0.4, 0.5) is 10.5 Å². The Morgan fingerprint density at radius 3 is 2.19 bits per heavy atom. The summed E-state index contributed by atoms with van der Waals surface area (Å²) >= 11 is 0. The molecule has 4 rings (SSSR count). The summed E-state index contributed by atoms with van der Waals surface area (Å²) in [7, 11) is 0. The number of benzene rings is 3. The first kappa shape index (κ1) is 24.6. The number of alkyl carbamates (subject to hydrolysis) is 1. The van der Waals surface area contributed by atoms with Crippen LogP contribution in [0.1, 0.15) is 11.1 Å². The second kappa shape index (κ2) is 12.3. The van der Waals surface area contributed by atoms with E-state index in [1.807, 2.05) is 60.7 Å². The lowest BCUT2D eigenvalue weighted by molar-refractivity contribution is -0.149. The van der Waals surface area contributed by atoms with E-state index in [1.165, 1.54) is 0 Å². The standard InChI is InChI=1S/C27H26N2O7/c30-25(28-21-11-12-23-24(16-21)34-14-13-33-23)18-35-26(31)22(15-19-7-3-1-4-8-19)29-27(32)36-17-20-9-5-2-6-10-20/h1-12,16,22H,13-15,17-18H2,(H,28,30)(H,29,32)/t22-/m1/s1. The molecule has 1 heterocycles. The Kier molecular flexibility index (Phi) is 8.37. The summed E-state index contributed by atoms with van der Waals surface area (Å²) in [4.78, 5) is 37.5. The minimum absolute atomic E-state index is 0.0533. The van der Waals surface area contributed by atoms with E-state index in [0.29, 0.717) is 30.4 Å². The Labute approximate surface area is 208 Å². The Morgan fingerprint density at radius 2 is 1.47 bits per heavy atom. The molecule has 0 aromatic heterocycles. The molecule has 0 bridgehead atoms. The molecule has 2 amide bonds. The molecule has 0 saturated carbocycles. The summed E-state index contributed by atoms with van der Waals surface area (Å²) in [6, 6.07) is 22.3. The van der Waals surface area contributed by atoms with Gasteiger partial charge >= 0.3 is 12.1 Å². The van der Waals surface area contributed by atoms with Gasteiger partial charge in [-0.1, -0.05) is 60.7 Å². The molecule has 9 nitrogen and oxygen atoms in total. The minimum atomic E-state index is -1.04. The molecule has 0 radical (unpaired) electrons. The van der Waals surface area contributed by atoms with Crippen molar-refractivity contribution in [2.24, 2.45) is 0 Å². The zero-order valence-corrected chi connectivity index (χ0v) is 19.5. The van der Waals surface area contributed by atoms with E-state index in [9.17, 15) is 14.4 Å². The van der Waals surface area contributed by atoms with Gasteiger partial charge in [-0.05, 0) is 23.3 Å². The number of hydrogen-bond donors (Lipinski definition) is 2. The highest BCUT2D eigenvalue weighted by Crippen LogP contribution is 2.32. The molecular weight excluding hydrogens is 464 g/mol. The van der Waals surface area contributed by atoms with Gasteiger partial charge in [-0.25, -0.2) is 9.59 Å². The zero-order chi connectivity index (χ0) is 25.2. The predicted molar refractivity (Wildman–Crippen MR) is 131 cm³/mol. The lowest BCUT2D eigenvalue weighted by Crippen LogP contribution is -2.44. The van der Waals surface area contributed by atoms with E-state index in [0.717, 1.165) is 11.1 Å². The van der Waals surface area contributed by atoms with Crippen LogP contribution in [0.3, 0.4) is 0 Å². The SMILES string of the molecule is O=C(COC(=O)[C@@H](Cc1ccccc1)NC(=O)OCc1ccccc1)Nc1ccc2c(c1)OCCO2. The number of carbonyl (C=O) groups is 3. The molecule has 1 aliphatic rings. The number of ether oxygens (including phenoxy) is 4. The van der Waals surface area contributed by atoms with Crippen molar-refractivity contribution < 1.29 is 33.3 Å². The maximum atomic E-state index is 12.8. The topological polar surface area (TPSA) is 112 Å². The molecule has 9 heteroatoms. The Morgan fingerprint density at radius 1 is 0.806 bits per heavy atom. The van der Waals surface area contributed by atoms with Crippen molar-refractivity contribution >= 4 is 23.7 Å². The van der Waals surface area contributed by atoms with Gasteiger partial charge in [0.1, 0.15) is 25.9 Å². The second-order valence-corrected chi connectivity index (χ2v) is 7.96. The molecular formula is C27H26N2O7. The van der Waals surface area contributed by atoms with Gasteiger partial charge in [0.15, 0.2) is 18.1 Å². The monoisotopic (exact) mass is 490 g/mol. The van der Waals surface area contributed by atoms with Crippen molar-refractivity contribution in [2.45, 2.75) is 19.1 Å². The molecule has 0 unspecified atom stereocenters. The van der Waals surface area contributed by atoms with Crippen molar-refractivity contribution in [3.05, 3.63) is 90.0 Å². The molecule has 0 fully saturated rings. The van der Waals surface area contributed by atoms with E-state index in [1.54, 1.807) is 18.2 Å². The highest BCUT2D eigenvalue weighted by atomic mass is 16.6. The summed E-state index contributed by atoms with van der Waals surface area (Å²) in [5, 5.41) is 5.20. The van der Waals surface area contributed by atoms with Crippen LogP contribution >= 0.6 is 0 Å². The number of fused-ring (bicyclic) bond motifs is 1. The lowest BCUT2D eigenvalue weighted by Gasteiger charge is -2.19. The second-order valence-electron chi connectivity index (χ2n) is 7.96. The maximum Gasteiger partial charge on any atom is 0.408 e. The Hall–Kier alpha value is -4.53. The third kappa shape index (κ3) is 7.23. The first-order valence-electron chi connectivity index (χ1n) is 11.4. The summed E-state index contributed by atoms with van der Waals surface area (Å²) < 4.78 is 21.4. The summed E-state index contributed by atoms with van der Waals surface area (Å²) in [5.74, 6) is -0.171. The first-order valence-corrected chi connectivity index (χ1v) is 11.4. The molecule has 0 spiro atoms. The Bertz CT molecular complexity index is 1190. The number of anilines is 1. The van der Waals surface area contributed by atoms with Crippen molar-refractivity contribution in [1.29, 1.82) is 0 Å². The molecule has 186 valence electrons. The normalized spacial score (nSPS) is 12.7. The van der Waals surface area contributed by atoms with Gasteiger partial charge in [0, 0.05) is 18.2 Å². The quantitative estimate of drug-likeness (QED) is 0.442. The van der Waals surface area contributed by atoms with Crippen LogP contribution in [0.2, 0.25) is 0 Å². The van der Waals surface area contributed by atoms with E-state index in [-0.39, 0.29) is 13.0 Å². The summed E-state index contributed by atoms with van der Waals surface area (Å²) in [6.07, 6.45) is -0.596. The molecule has 1 aliphatic heterocycles. The number of rotatable bonds is 9. The van der Waals surface area contributed by atoms with Crippen molar-refractivity contribution in [3.63, 3.8) is 0 Å². The number of hydrogen-bond acceptors (Lipinski definition) is 7. The summed E-state index contributed by atoms with van der Waals surface area (Å²) in [6.45, 7) is 0.412. The van der Waals surface area contributed by atoms with Gasteiger partial charge in [-0.2, -0.15) is 0 Å². The van der Waals surface area contributed by atoms with Crippen LogP contribution in [0.15, 0.2) is 78.9 Å². The van der Waals surface area contributed by atoms with Crippen molar-refractivity contribution in [2.75, 3.05) is 25.1 Å². The number of nitrogens with one attached hydrogen (secondary N) is 2. The zero-order valence-electron chi connectivity index (χ0n) is 19.5. The fourth-order valence-corrected chi connectivity index (χ4v) is 3.51. The number of carbonyl (C=O) groups excluding carboxylic acids is 3.